The molecule has 0 saturated heterocycles. The van der Waals surface area contributed by atoms with Gasteiger partial charge >= 0.3 is 5.97 Å². The number of hydrogen-bond donors (Lipinski definition) is 1. The van der Waals surface area contributed by atoms with Crippen LogP contribution in [0, 0.1) is 0 Å². The van der Waals surface area contributed by atoms with Crippen molar-refractivity contribution in [2.24, 2.45) is 0 Å². The molecule has 128 valence electrons. The van der Waals surface area contributed by atoms with Gasteiger partial charge in [-0.1, -0.05) is 79.9 Å². The van der Waals surface area contributed by atoms with Gasteiger partial charge in [0.2, 0.25) is 0 Å². The molecule has 0 radical (unpaired) electrons. The Kier molecular flexibility index (Phi) is 5.84. The third-order valence-electron chi connectivity index (χ3n) is 4.89. The van der Waals surface area contributed by atoms with Gasteiger partial charge in [-0.3, -0.25) is 0 Å². The van der Waals surface area contributed by atoms with Crippen LogP contribution >= 0.6 is 0 Å². The van der Waals surface area contributed by atoms with Crippen molar-refractivity contribution in [1.29, 1.82) is 0 Å². The lowest BCUT2D eigenvalue weighted by Crippen LogP contribution is -2.05. The third kappa shape index (κ3) is 4.69. The molecular formula is C23H24O2. The van der Waals surface area contributed by atoms with Gasteiger partial charge in [0, 0.05) is 0 Å². The van der Waals surface area contributed by atoms with Crippen molar-refractivity contribution in [3.8, 4) is 0 Å². The molecule has 1 aliphatic carbocycles. The summed E-state index contributed by atoms with van der Waals surface area (Å²) in [5.74, 6) is -0.188. The minimum atomic E-state index is -0.842. The molecule has 2 heteroatoms. The maximum absolute atomic E-state index is 10.7. The van der Waals surface area contributed by atoms with Crippen molar-refractivity contribution in [1.82, 2.24) is 0 Å². The van der Waals surface area contributed by atoms with Gasteiger partial charge in [-0.25, -0.2) is 4.79 Å². The van der Waals surface area contributed by atoms with Crippen LogP contribution in [0.1, 0.15) is 53.9 Å². The fraction of sp³-hybridized carbons (Fsp3) is 0.261. The summed E-state index contributed by atoms with van der Waals surface area (Å²) >= 11 is 0. The number of benzene rings is 3. The SMILES string of the molecule is O=C(O)c1ccc(C2CCCCC2)cc1.c1ccc2ccccc2c1. The molecule has 4 rings (SSSR count). The summed E-state index contributed by atoms with van der Waals surface area (Å²) < 4.78 is 0. The van der Waals surface area contributed by atoms with Crippen molar-refractivity contribution in [3.05, 3.63) is 83.9 Å². The van der Waals surface area contributed by atoms with Crippen LogP contribution in [-0.2, 0) is 0 Å². The van der Waals surface area contributed by atoms with Crippen molar-refractivity contribution >= 4 is 16.7 Å². The molecule has 0 aliphatic heterocycles. The zero-order chi connectivity index (χ0) is 17.5. The van der Waals surface area contributed by atoms with Gasteiger partial charge in [0.05, 0.1) is 5.56 Å². The number of carboxylic acid groups (broad SMARTS) is 1. The predicted octanol–water partition coefficient (Wildman–Crippen LogP) is 6.27. The van der Waals surface area contributed by atoms with E-state index in [0.717, 1.165) is 0 Å². The second-order valence-corrected chi connectivity index (χ2v) is 6.61. The van der Waals surface area contributed by atoms with Crippen LogP contribution in [0.5, 0.6) is 0 Å². The number of rotatable bonds is 2. The highest BCUT2D eigenvalue weighted by atomic mass is 16.4. The number of hydrogen-bond acceptors (Lipinski definition) is 1. The van der Waals surface area contributed by atoms with Crippen molar-refractivity contribution in [3.63, 3.8) is 0 Å². The Labute approximate surface area is 149 Å². The lowest BCUT2D eigenvalue weighted by molar-refractivity contribution is 0.0697. The van der Waals surface area contributed by atoms with Gasteiger partial charge in [-0.05, 0) is 47.2 Å². The molecule has 1 fully saturated rings. The highest BCUT2D eigenvalue weighted by Gasteiger charge is 2.15. The molecular weight excluding hydrogens is 308 g/mol. The summed E-state index contributed by atoms with van der Waals surface area (Å²) in [7, 11) is 0. The van der Waals surface area contributed by atoms with E-state index < -0.39 is 5.97 Å². The first-order chi connectivity index (χ1) is 12.2. The van der Waals surface area contributed by atoms with Crippen molar-refractivity contribution in [2.45, 2.75) is 38.0 Å². The van der Waals surface area contributed by atoms with Crippen molar-refractivity contribution in [2.75, 3.05) is 0 Å². The van der Waals surface area contributed by atoms with E-state index in [-0.39, 0.29) is 0 Å². The summed E-state index contributed by atoms with van der Waals surface area (Å²) in [4.78, 5) is 10.7. The Morgan fingerprint density at radius 2 is 1.20 bits per heavy atom. The van der Waals surface area contributed by atoms with E-state index in [1.165, 1.54) is 48.4 Å². The smallest absolute Gasteiger partial charge is 0.335 e. The van der Waals surface area contributed by atoms with E-state index >= 15 is 0 Å². The molecule has 1 saturated carbocycles. The maximum Gasteiger partial charge on any atom is 0.335 e. The summed E-state index contributed by atoms with van der Waals surface area (Å²) in [5.41, 5.74) is 1.69. The quantitative estimate of drug-likeness (QED) is 0.600. The first-order valence-electron chi connectivity index (χ1n) is 9.01. The zero-order valence-electron chi connectivity index (χ0n) is 14.4. The number of fused-ring (bicyclic) bond motifs is 1. The molecule has 0 spiro atoms. The number of carboxylic acids is 1. The second-order valence-electron chi connectivity index (χ2n) is 6.61. The van der Waals surface area contributed by atoms with E-state index in [0.29, 0.717) is 11.5 Å². The lowest BCUT2D eigenvalue weighted by atomic mass is 9.84. The van der Waals surface area contributed by atoms with Crippen LogP contribution in [0.15, 0.2) is 72.8 Å². The normalized spacial score (nSPS) is 14.6. The van der Waals surface area contributed by atoms with E-state index in [4.69, 9.17) is 5.11 Å². The van der Waals surface area contributed by atoms with E-state index in [1.807, 2.05) is 12.1 Å². The predicted molar refractivity (Wildman–Crippen MR) is 103 cm³/mol. The van der Waals surface area contributed by atoms with Gasteiger partial charge in [-0.2, -0.15) is 0 Å². The van der Waals surface area contributed by atoms with Crippen LogP contribution in [0.4, 0.5) is 0 Å². The molecule has 3 aromatic carbocycles. The molecule has 0 aromatic heterocycles. The van der Waals surface area contributed by atoms with Crippen LogP contribution < -0.4 is 0 Å². The Hall–Kier alpha value is -2.61. The Bertz CT molecular complexity index is 749. The standard InChI is InChI=1S/C13H16O2.C10H8/c14-13(15)12-8-6-11(7-9-12)10-4-2-1-3-5-10;1-2-6-10-8-4-3-7-9(10)5-1/h6-10H,1-5H2,(H,14,15);1-8H. The Morgan fingerprint density at radius 3 is 1.64 bits per heavy atom. The van der Waals surface area contributed by atoms with Crippen LogP contribution in [0.25, 0.3) is 10.8 Å². The van der Waals surface area contributed by atoms with Gasteiger partial charge in [-0.15, -0.1) is 0 Å². The fourth-order valence-corrected chi connectivity index (χ4v) is 3.47. The molecule has 2 nitrogen and oxygen atoms in total. The Balaban J connectivity index is 0.000000157. The topological polar surface area (TPSA) is 37.3 Å². The van der Waals surface area contributed by atoms with E-state index in [9.17, 15) is 4.79 Å². The largest absolute Gasteiger partial charge is 0.478 e. The lowest BCUT2D eigenvalue weighted by Gasteiger charge is -2.21. The van der Waals surface area contributed by atoms with E-state index in [2.05, 4.69) is 48.5 Å². The van der Waals surface area contributed by atoms with Gasteiger partial charge in [0.1, 0.15) is 0 Å². The zero-order valence-corrected chi connectivity index (χ0v) is 14.4. The molecule has 0 atom stereocenters. The minimum Gasteiger partial charge on any atom is -0.478 e. The molecule has 3 aromatic rings. The minimum absolute atomic E-state index is 0.384. The number of aromatic carboxylic acids is 1. The molecule has 1 N–H and O–H groups in total. The van der Waals surface area contributed by atoms with Gasteiger partial charge in [0.25, 0.3) is 0 Å². The molecule has 25 heavy (non-hydrogen) atoms. The molecule has 0 unspecified atom stereocenters. The Morgan fingerprint density at radius 1 is 0.720 bits per heavy atom. The average molecular weight is 332 g/mol. The highest BCUT2D eigenvalue weighted by Crippen LogP contribution is 2.32. The van der Waals surface area contributed by atoms with Crippen LogP contribution in [0.2, 0.25) is 0 Å². The van der Waals surface area contributed by atoms with Crippen molar-refractivity contribution < 1.29 is 9.90 Å². The average Bonchev–Trinajstić information content (AvgIpc) is 2.69. The highest BCUT2D eigenvalue weighted by molar-refractivity contribution is 5.87. The first-order valence-corrected chi connectivity index (χ1v) is 9.01. The monoisotopic (exact) mass is 332 g/mol. The van der Waals surface area contributed by atoms with Gasteiger partial charge < -0.3 is 5.11 Å². The summed E-state index contributed by atoms with van der Waals surface area (Å²) in [6.07, 6.45) is 6.49. The third-order valence-corrected chi connectivity index (χ3v) is 4.89. The summed E-state index contributed by atoms with van der Waals surface area (Å²) in [5, 5.41) is 11.4. The van der Waals surface area contributed by atoms with Gasteiger partial charge in [0.15, 0.2) is 0 Å². The summed E-state index contributed by atoms with van der Waals surface area (Å²) in [6.45, 7) is 0. The first kappa shape index (κ1) is 17.2. The van der Waals surface area contributed by atoms with Crippen LogP contribution in [-0.4, -0.2) is 11.1 Å². The fourth-order valence-electron chi connectivity index (χ4n) is 3.47. The number of carbonyl (C=O) groups is 1. The van der Waals surface area contributed by atoms with Crippen LogP contribution in [0.3, 0.4) is 0 Å². The molecule has 1 aliphatic rings. The molecule has 0 bridgehead atoms. The van der Waals surface area contributed by atoms with E-state index in [1.54, 1.807) is 12.1 Å². The maximum atomic E-state index is 10.7. The molecule has 0 heterocycles. The summed E-state index contributed by atoms with van der Waals surface area (Å²) in [6, 6.07) is 24.1. The molecule has 0 amide bonds. The second kappa shape index (κ2) is 8.48.